The van der Waals surface area contributed by atoms with E-state index in [1.54, 1.807) is 23.1 Å². The summed E-state index contributed by atoms with van der Waals surface area (Å²) in [4.78, 5) is 33.3. The van der Waals surface area contributed by atoms with Gasteiger partial charge in [-0.1, -0.05) is 23.7 Å². The van der Waals surface area contributed by atoms with Gasteiger partial charge in [0.25, 0.3) is 0 Å². The van der Waals surface area contributed by atoms with Crippen LogP contribution in [0.15, 0.2) is 42.6 Å². The van der Waals surface area contributed by atoms with E-state index in [-0.39, 0.29) is 24.2 Å². The topological polar surface area (TPSA) is 65.5 Å². The molecule has 2 saturated heterocycles. The molecule has 1 atom stereocenters. The third-order valence-electron chi connectivity index (χ3n) is 5.32. The fraction of sp³-hybridized carbons (Fsp3) is 0.381. The molecule has 7 heteroatoms. The lowest BCUT2D eigenvalue weighted by Gasteiger charge is -2.17. The maximum atomic E-state index is 12.5. The van der Waals surface area contributed by atoms with Crippen LogP contribution in [0.2, 0.25) is 5.02 Å². The molecule has 146 valence electrons. The van der Waals surface area contributed by atoms with Gasteiger partial charge in [-0.3, -0.25) is 9.59 Å². The van der Waals surface area contributed by atoms with Crippen molar-refractivity contribution in [2.24, 2.45) is 5.92 Å². The number of halogens is 1. The van der Waals surface area contributed by atoms with Gasteiger partial charge in [-0.05, 0) is 42.7 Å². The van der Waals surface area contributed by atoms with Crippen molar-refractivity contribution in [3.05, 3.63) is 53.2 Å². The van der Waals surface area contributed by atoms with E-state index in [1.807, 2.05) is 24.4 Å². The number of carbonyl (C=O) groups is 2. The Kier molecular flexibility index (Phi) is 5.48. The Bertz CT molecular complexity index is 865. The fourth-order valence-electron chi connectivity index (χ4n) is 3.76. The molecule has 0 saturated carbocycles. The van der Waals surface area contributed by atoms with Crippen molar-refractivity contribution in [2.45, 2.75) is 25.8 Å². The minimum absolute atomic E-state index is 0.0564. The number of nitrogens with zero attached hydrogens (tertiary/aromatic N) is 3. The van der Waals surface area contributed by atoms with Crippen LogP contribution < -0.4 is 15.1 Å². The van der Waals surface area contributed by atoms with Crippen LogP contribution in [0.4, 0.5) is 11.5 Å². The lowest BCUT2D eigenvalue weighted by molar-refractivity contribution is -0.126. The maximum absolute atomic E-state index is 12.5. The van der Waals surface area contributed by atoms with Gasteiger partial charge in [0.1, 0.15) is 5.82 Å². The second-order valence-corrected chi connectivity index (χ2v) is 7.76. The minimum atomic E-state index is -0.358. The first kappa shape index (κ1) is 18.7. The third kappa shape index (κ3) is 4.12. The zero-order valence-corrected chi connectivity index (χ0v) is 16.4. The van der Waals surface area contributed by atoms with Crippen molar-refractivity contribution in [1.29, 1.82) is 0 Å². The number of amides is 2. The summed E-state index contributed by atoms with van der Waals surface area (Å²) >= 11 is 6.01. The van der Waals surface area contributed by atoms with Gasteiger partial charge in [-0.2, -0.15) is 0 Å². The quantitative estimate of drug-likeness (QED) is 0.840. The van der Waals surface area contributed by atoms with Gasteiger partial charge >= 0.3 is 0 Å². The van der Waals surface area contributed by atoms with Gasteiger partial charge in [-0.15, -0.1) is 0 Å². The molecule has 28 heavy (non-hydrogen) atoms. The molecule has 1 N–H and O–H groups in total. The standard InChI is InChI=1S/C21H23ClN4O2/c22-17-4-3-5-18(11-17)26-14-16(10-20(26)27)21(28)24-13-15-6-7-19(23-12-15)25-8-1-2-9-25/h3-7,11-12,16H,1-2,8-10,13-14H2,(H,24,28). The van der Waals surface area contributed by atoms with E-state index in [9.17, 15) is 9.59 Å². The summed E-state index contributed by atoms with van der Waals surface area (Å²) in [6.07, 6.45) is 4.45. The molecule has 1 aromatic carbocycles. The number of hydrogen-bond acceptors (Lipinski definition) is 4. The molecule has 0 radical (unpaired) electrons. The van der Waals surface area contributed by atoms with E-state index in [0.717, 1.165) is 30.2 Å². The summed E-state index contributed by atoms with van der Waals surface area (Å²) in [6.45, 7) is 2.90. The van der Waals surface area contributed by atoms with Crippen LogP contribution in [-0.4, -0.2) is 36.4 Å². The third-order valence-corrected chi connectivity index (χ3v) is 5.56. The lowest BCUT2D eigenvalue weighted by Crippen LogP contribution is -2.32. The van der Waals surface area contributed by atoms with Gasteiger partial charge in [-0.25, -0.2) is 4.98 Å². The second-order valence-electron chi connectivity index (χ2n) is 7.32. The Balaban J connectivity index is 1.32. The van der Waals surface area contributed by atoms with E-state index >= 15 is 0 Å². The van der Waals surface area contributed by atoms with E-state index in [0.29, 0.717) is 18.1 Å². The lowest BCUT2D eigenvalue weighted by atomic mass is 10.1. The van der Waals surface area contributed by atoms with E-state index < -0.39 is 0 Å². The zero-order chi connectivity index (χ0) is 19.5. The normalized spacial score (nSPS) is 19.3. The van der Waals surface area contributed by atoms with Gasteiger partial charge < -0.3 is 15.1 Å². The molecule has 0 bridgehead atoms. The number of hydrogen-bond donors (Lipinski definition) is 1. The van der Waals surface area contributed by atoms with Crippen LogP contribution >= 0.6 is 11.6 Å². The average Bonchev–Trinajstić information content (AvgIpc) is 3.36. The smallest absolute Gasteiger partial charge is 0.227 e. The molecule has 3 heterocycles. The summed E-state index contributed by atoms with van der Waals surface area (Å²) in [5, 5.41) is 3.51. The number of carbonyl (C=O) groups excluding carboxylic acids is 2. The Morgan fingerprint density at radius 3 is 2.75 bits per heavy atom. The monoisotopic (exact) mass is 398 g/mol. The van der Waals surface area contributed by atoms with Crippen molar-refractivity contribution < 1.29 is 9.59 Å². The highest BCUT2D eigenvalue weighted by atomic mass is 35.5. The molecule has 4 rings (SSSR count). The van der Waals surface area contributed by atoms with Crippen LogP contribution in [0.5, 0.6) is 0 Å². The van der Waals surface area contributed by atoms with Crippen LogP contribution in [-0.2, 0) is 16.1 Å². The number of nitrogens with one attached hydrogen (secondary N) is 1. The molecule has 2 aromatic rings. The highest BCUT2D eigenvalue weighted by molar-refractivity contribution is 6.31. The molecule has 2 fully saturated rings. The molecule has 1 unspecified atom stereocenters. The molecule has 0 aliphatic carbocycles. The summed E-state index contributed by atoms with van der Waals surface area (Å²) in [7, 11) is 0. The second kappa shape index (κ2) is 8.19. The van der Waals surface area contributed by atoms with Crippen LogP contribution in [0.25, 0.3) is 0 Å². The van der Waals surface area contributed by atoms with Crippen molar-refractivity contribution in [2.75, 3.05) is 29.4 Å². The summed E-state index contributed by atoms with van der Waals surface area (Å²) in [5.41, 5.74) is 1.68. The average molecular weight is 399 g/mol. The predicted octanol–water partition coefficient (Wildman–Crippen LogP) is 3.00. The Labute approximate surface area is 169 Å². The SMILES string of the molecule is O=C(NCc1ccc(N2CCCC2)nc1)C1CC(=O)N(c2cccc(Cl)c2)C1. The Morgan fingerprint density at radius 2 is 2.04 bits per heavy atom. The summed E-state index contributed by atoms with van der Waals surface area (Å²) in [5.74, 6) is 0.468. The van der Waals surface area contributed by atoms with E-state index in [4.69, 9.17) is 11.6 Å². The molecule has 0 spiro atoms. The molecule has 2 amide bonds. The summed E-state index contributed by atoms with van der Waals surface area (Å²) < 4.78 is 0. The summed E-state index contributed by atoms with van der Waals surface area (Å²) in [6, 6.07) is 11.1. The largest absolute Gasteiger partial charge is 0.357 e. The molecule has 2 aliphatic rings. The van der Waals surface area contributed by atoms with Crippen molar-refractivity contribution in [3.63, 3.8) is 0 Å². The highest BCUT2D eigenvalue weighted by Crippen LogP contribution is 2.27. The first-order valence-corrected chi connectivity index (χ1v) is 10.0. The van der Waals surface area contributed by atoms with Gasteiger partial charge in [0, 0.05) is 49.5 Å². The number of rotatable bonds is 5. The zero-order valence-electron chi connectivity index (χ0n) is 15.6. The Morgan fingerprint density at radius 1 is 1.21 bits per heavy atom. The molecular weight excluding hydrogens is 376 g/mol. The first-order chi connectivity index (χ1) is 13.6. The maximum Gasteiger partial charge on any atom is 0.227 e. The minimum Gasteiger partial charge on any atom is -0.357 e. The van der Waals surface area contributed by atoms with Crippen molar-refractivity contribution in [1.82, 2.24) is 10.3 Å². The molecule has 1 aromatic heterocycles. The van der Waals surface area contributed by atoms with Crippen LogP contribution in [0, 0.1) is 5.92 Å². The van der Waals surface area contributed by atoms with Gasteiger partial charge in [0.2, 0.25) is 11.8 Å². The molecule has 2 aliphatic heterocycles. The number of aromatic nitrogens is 1. The van der Waals surface area contributed by atoms with Crippen LogP contribution in [0.3, 0.4) is 0 Å². The first-order valence-electron chi connectivity index (χ1n) is 9.64. The Hall–Kier alpha value is -2.60. The highest BCUT2D eigenvalue weighted by Gasteiger charge is 2.35. The predicted molar refractivity (Wildman–Crippen MR) is 109 cm³/mol. The van der Waals surface area contributed by atoms with E-state index in [2.05, 4.69) is 15.2 Å². The molecule has 6 nitrogen and oxygen atoms in total. The van der Waals surface area contributed by atoms with Gasteiger partial charge in [0.05, 0.1) is 5.92 Å². The number of anilines is 2. The van der Waals surface area contributed by atoms with Crippen molar-refractivity contribution in [3.8, 4) is 0 Å². The van der Waals surface area contributed by atoms with Crippen LogP contribution in [0.1, 0.15) is 24.8 Å². The van der Waals surface area contributed by atoms with Crippen molar-refractivity contribution >= 4 is 34.9 Å². The van der Waals surface area contributed by atoms with E-state index in [1.165, 1.54) is 12.8 Å². The fourth-order valence-corrected chi connectivity index (χ4v) is 3.95. The van der Waals surface area contributed by atoms with Gasteiger partial charge in [0.15, 0.2) is 0 Å². The number of benzene rings is 1. The molecular formula is C21H23ClN4O2. The number of pyridine rings is 1.